The molecule has 0 N–H and O–H groups in total. The Labute approximate surface area is 180 Å². The molecule has 0 saturated carbocycles. The number of pyridine rings is 1. The van der Waals surface area contributed by atoms with Crippen molar-refractivity contribution in [1.29, 1.82) is 5.26 Å². The maximum Gasteiger partial charge on any atom is 0.176 e. The van der Waals surface area contributed by atoms with E-state index in [0.29, 0.717) is 22.2 Å². The molecule has 9 heteroatoms. The van der Waals surface area contributed by atoms with Crippen LogP contribution in [0.25, 0.3) is 5.82 Å². The fourth-order valence-corrected chi connectivity index (χ4v) is 3.92. The molecule has 0 amide bonds. The lowest BCUT2D eigenvalue weighted by molar-refractivity contribution is 0.635. The zero-order chi connectivity index (χ0) is 21.4. The predicted molar refractivity (Wildman–Crippen MR) is 116 cm³/mol. The molecule has 0 spiro atoms. The predicted octanol–water partition coefficient (Wildman–Crippen LogP) is 3.14. The lowest BCUT2D eigenvalue weighted by Gasteiger charge is -2.36. The van der Waals surface area contributed by atoms with E-state index < -0.39 is 0 Å². The first-order valence-electron chi connectivity index (χ1n) is 9.83. The van der Waals surface area contributed by atoms with E-state index in [1.165, 1.54) is 0 Å². The van der Waals surface area contributed by atoms with Crippen LogP contribution in [-0.2, 0) is 0 Å². The minimum atomic E-state index is 0.549. The minimum Gasteiger partial charge on any atom is -0.352 e. The summed E-state index contributed by atoms with van der Waals surface area (Å²) in [6.45, 7) is 10.7. The van der Waals surface area contributed by atoms with Crippen molar-refractivity contribution in [3.8, 4) is 11.9 Å². The monoisotopic (exact) mass is 422 g/mol. The summed E-state index contributed by atoms with van der Waals surface area (Å²) < 4.78 is 1.80. The zero-order valence-electron chi connectivity index (χ0n) is 17.5. The standard InChI is InChI=1S/C21H23ClN8/c1-13-11-14(2)30(27-13)19-6-5-18(25-26-19)28-7-9-29(10-8-28)21-17(12-23)15(3)20(22)16(4)24-21/h5-6,11H,7-10H2,1-4H3. The number of rotatable bonds is 3. The maximum atomic E-state index is 9.61. The van der Waals surface area contributed by atoms with Crippen LogP contribution >= 0.6 is 11.6 Å². The van der Waals surface area contributed by atoms with Crippen molar-refractivity contribution in [2.45, 2.75) is 27.7 Å². The van der Waals surface area contributed by atoms with Gasteiger partial charge in [0.25, 0.3) is 0 Å². The van der Waals surface area contributed by atoms with Crippen molar-refractivity contribution < 1.29 is 0 Å². The second-order valence-electron chi connectivity index (χ2n) is 7.51. The Morgan fingerprint density at radius 2 is 1.60 bits per heavy atom. The first-order valence-corrected chi connectivity index (χ1v) is 10.2. The summed E-state index contributed by atoms with van der Waals surface area (Å²) in [4.78, 5) is 8.93. The Bertz CT molecular complexity index is 1120. The second-order valence-corrected chi connectivity index (χ2v) is 7.89. The molecule has 0 aromatic carbocycles. The van der Waals surface area contributed by atoms with Gasteiger partial charge >= 0.3 is 0 Å². The van der Waals surface area contributed by atoms with Gasteiger partial charge < -0.3 is 9.80 Å². The summed E-state index contributed by atoms with van der Waals surface area (Å²) in [5.74, 6) is 2.25. The van der Waals surface area contributed by atoms with Crippen molar-refractivity contribution in [1.82, 2.24) is 25.0 Å². The summed E-state index contributed by atoms with van der Waals surface area (Å²) in [6, 6.07) is 8.20. The largest absolute Gasteiger partial charge is 0.352 e. The maximum absolute atomic E-state index is 9.61. The van der Waals surface area contributed by atoms with Gasteiger partial charge in [-0.1, -0.05) is 11.6 Å². The highest BCUT2D eigenvalue weighted by atomic mass is 35.5. The zero-order valence-corrected chi connectivity index (χ0v) is 18.3. The minimum absolute atomic E-state index is 0.549. The highest BCUT2D eigenvalue weighted by Crippen LogP contribution is 2.29. The number of aryl methyl sites for hydroxylation is 3. The van der Waals surface area contributed by atoms with E-state index in [0.717, 1.165) is 54.6 Å². The molecule has 4 rings (SSSR count). The van der Waals surface area contributed by atoms with Gasteiger partial charge in [-0.3, -0.25) is 0 Å². The Balaban J connectivity index is 1.49. The van der Waals surface area contributed by atoms with Crippen molar-refractivity contribution in [3.63, 3.8) is 0 Å². The van der Waals surface area contributed by atoms with Crippen molar-refractivity contribution in [2.24, 2.45) is 0 Å². The molecule has 0 unspecified atom stereocenters. The smallest absolute Gasteiger partial charge is 0.176 e. The van der Waals surface area contributed by atoms with Crippen LogP contribution in [0.5, 0.6) is 0 Å². The van der Waals surface area contributed by atoms with Crippen molar-refractivity contribution in [2.75, 3.05) is 36.0 Å². The summed E-state index contributed by atoms with van der Waals surface area (Å²) in [6.07, 6.45) is 0. The van der Waals surface area contributed by atoms with Gasteiger partial charge in [-0.05, 0) is 51.5 Å². The van der Waals surface area contributed by atoms with Gasteiger partial charge in [0.2, 0.25) is 0 Å². The number of halogens is 1. The van der Waals surface area contributed by atoms with Crippen LogP contribution in [0.4, 0.5) is 11.6 Å². The molecule has 0 bridgehead atoms. The molecule has 154 valence electrons. The van der Waals surface area contributed by atoms with Crippen LogP contribution in [0.2, 0.25) is 5.02 Å². The number of hydrogen-bond acceptors (Lipinski definition) is 7. The topological polar surface area (TPSA) is 86.8 Å². The highest BCUT2D eigenvalue weighted by molar-refractivity contribution is 6.32. The van der Waals surface area contributed by atoms with Gasteiger partial charge in [0, 0.05) is 31.9 Å². The number of piperazine rings is 1. The third-order valence-electron chi connectivity index (χ3n) is 5.40. The lowest BCUT2D eigenvalue weighted by atomic mass is 10.1. The summed E-state index contributed by atoms with van der Waals surface area (Å²) in [5.41, 5.74) is 4.06. The van der Waals surface area contributed by atoms with Gasteiger partial charge in [0.1, 0.15) is 11.9 Å². The van der Waals surface area contributed by atoms with E-state index in [2.05, 4.69) is 36.1 Å². The number of nitriles is 1. The first kappa shape index (κ1) is 20.1. The molecule has 1 aliphatic rings. The molecule has 30 heavy (non-hydrogen) atoms. The summed E-state index contributed by atoms with van der Waals surface area (Å²) >= 11 is 6.28. The summed E-state index contributed by atoms with van der Waals surface area (Å²) in [5, 5.41) is 23.4. The Kier molecular flexibility index (Phi) is 5.31. The number of aromatic nitrogens is 5. The fourth-order valence-electron chi connectivity index (χ4n) is 3.78. The van der Waals surface area contributed by atoms with E-state index in [1.54, 1.807) is 4.68 Å². The highest BCUT2D eigenvalue weighted by Gasteiger charge is 2.24. The van der Waals surface area contributed by atoms with E-state index >= 15 is 0 Å². The van der Waals surface area contributed by atoms with Crippen LogP contribution in [0.15, 0.2) is 18.2 Å². The average molecular weight is 423 g/mol. The molecule has 1 aliphatic heterocycles. The molecule has 3 aromatic rings. The number of nitrogens with zero attached hydrogens (tertiary/aromatic N) is 8. The van der Waals surface area contributed by atoms with Gasteiger partial charge in [0.15, 0.2) is 11.6 Å². The SMILES string of the molecule is Cc1cc(C)n(-c2ccc(N3CCN(c4nc(C)c(Cl)c(C)c4C#N)CC3)nn2)n1. The van der Waals surface area contributed by atoms with Crippen molar-refractivity contribution in [3.05, 3.63) is 51.4 Å². The third-order valence-corrected chi connectivity index (χ3v) is 5.95. The van der Waals surface area contributed by atoms with Gasteiger partial charge in [-0.15, -0.1) is 10.2 Å². The molecular formula is C21H23ClN8. The molecule has 8 nitrogen and oxygen atoms in total. The molecule has 0 atom stereocenters. The number of anilines is 2. The Morgan fingerprint density at radius 3 is 2.17 bits per heavy atom. The normalized spacial score (nSPS) is 14.1. The molecule has 3 aromatic heterocycles. The van der Waals surface area contributed by atoms with Crippen LogP contribution in [0.1, 0.15) is 28.2 Å². The molecule has 4 heterocycles. The average Bonchev–Trinajstić information content (AvgIpc) is 3.10. The molecular weight excluding hydrogens is 400 g/mol. The molecule has 1 saturated heterocycles. The third kappa shape index (κ3) is 3.57. The van der Waals surface area contributed by atoms with Gasteiger partial charge in [-0.25, -0.2) is 9.67 Å². The van der Waals surface area contributed by atoms with Crippen LogP contribution in [-0.4, -0.2) is 51.1 Å². The van der Waals surface area contributed by atoms with Crippen molar-refractivity contribution >= 4 is 23.2 Å². The quantitative estimate of drug-likeness (QED) is 0.640. The van der Waals surface area contributed by atoms with E-state index in [1.807, 2.05) is 45.9 Å². The van der Waals surface area contributed by atoms with Crippen LogP contribution < -0.4 is 9.80 Å². The van der Waals surface area contributed by atoms with Crippen LogP contribution in [0.3, 0.4) is 0 Å². The molecule has 0 aliphatic carbocycles. The molecule has 0 radical (unpaired) electrons. The fraction of sp³-hybridized carbons (Fsp3) is 0.381. The Morgan fingerprint density at radius 1 is 0.967 bits per heavy atom. The molecule has 1 fully saturated rings. The number of hydrogen-bond donors (Lipinski definition) is 0. The Hall–Kier alpha value is -3.18. The summed E-state index contributed by atoms with van der Waals surface area (Å²) in [7, 11) is 0. The van der Waals surface area contributed by atoms with Gasteiger partial charge in [-0.2, -0.15) is 10.4 Å². The lowest BCUT2D eigenvalue weighted by Crippen LogP contribution is -2.47. The van der Waals surface area contributed by atoms with Gasteiger partial charge in [0.05, 0.1) is 22.0 Å². The van der Waals surface area contributed by atoms with E-state index in [-0.39, 0.29) is 0 Å². The van der Waals surface area contributed by atoms with E-state index in [9.17, 15) is 5.26 Å². The van der Waals surface area contributed by atoms with E-state index in [4.69, 9.17) is 11.6 Å². The van der Waals surface area contributed by atoms with Crippen LogP contribution in [0, 0.1) is 39.0 Å². The second kappa shape index (κ2) is 7.92. The first-order chi connectivity index (χ1) is 14.4.